The first kappa shape index (κ1) is 27.2. The summed E-state index contributed by atoms with van der Waals surface area (Å²) in [6.07, 6.45) is 9.51. The van der Waals surface area contributed by atoms with Crippen LogP contribution in [0.1, 0.15) is 58.3 Å². The predicted octanol–water partition coefficient (Wildman–Crippen LogP) is 6.80. The van der Waals surface area contributed by atoms with Crippen LogP contribution in [0, 0.1) is 0 Å². The quantitative estimate of drug-likeness (QED) is 0.253. The molecule has 35 heavy (non-hydrogen) atoms. The van der Waals surface area contributed by atoms with Crippen molar-refractivity contribution < 1.29 is 14.0 Å². The molecule has 0 aromatic heterocycles. The monoisotopic (exact) mass is 480 g/mol. The normalized spacial score (nSPS) is 15.2. The van der Waals surface area contributed by atoms with Gasteiger partial charge in [0.25, 0.3) is 0 Å². The number of benzene rings is 2. The first-order chi connectivity index (χ1) is 17.0. The second-order valence-electron chi connectivity index (χ2n) is 10.6. The van der Waals surface area contributed by atoms with Crippen molar-refractivity contribution >= 4 is 11.8 Å². The first-order valence-corrected chi connectivity index (χ1v) is 13.6. The highest BCUT2D eigenvalue weighted by Crippen LogP contribution is 2.28. The summed E-state index contributed by atoms with van der Waals surface area (Å²) in [4.78, 5) is 15.1. The van der Waals surface area contributed by atoms with Crippen molar-refractivity contribution in [3.63, 3.8) is 0 Å². The molecular formula is C30H46N3O2+. The van der Waals surface area contributed by atoms with E-state index >= 15 is 0 Å². The van der Waals surface area contributed by atoms with Gasteiger partial charge in [0.15, 0.2) is 0 Å². The van der Waals surface area contributed by atoms with Crippen LogP contribution in [-0.4, -0.2) is 68.4 Å². The Bertz CT molecular complexity index is 876. The summed E-state index contributed by atoms with van der Waals surface area (Å²) < 4.78 is 6.91. The van der Waals surface area contributed by atoms with Crippen molar-refractivity contribution in [3.05, 3.63) is 54.6 Å². The molecule has 1 fully saturated rings. The number of hydrogen-bond donors (Lipinski definition) is 1. The molecule has 1 amide bonds. The number of rotatable bonds is 13. The SMILES string of the molecule is CC[N+](C)(C)CCCCCCCCN1CCC(OC(=O)Nc2ccccc2-c2ccccc2)CC1. The lowest BCUT2D eigenvalue weighted by atomic mass is 10.0. The smallest absolute Gasteiger partial charge is 0.411 e. The maximum atomic E-state index is 12.6. The zero-order valence-electron chi connectivity index (χ0n) is 22.2. The van der Waals surface area contributed by atoms with Gasteiger partial charge in [0.05, 0.1) is 32.9 Å². The molecule has 1 N–H and O–H groups in total. The van der Waals surface area contributed by atoms with Gasteiger partial charge < -0.3 is 14.1 Å². The van der Waals surface area contributed by atoms with E-state index < -0.39 is 0 Å². The fraction of sp³-hybridized carbons (Fsp3) is 0.567. The Kier molecular flexibility index (Phi) is 11.1. The van der Waals surface area contributed by atoms with E-state index in [2.05, 4.69) is 43.4 Å². The van der Waals surface area contributed by atoms with Gasteiger partial charge in [-0.05, 0) is 57.2 Å². The maximum Gasteiger partial charge on any atom is 0.411 e. The van der Waals surface area contributed by atoms with Crippen LogP contribution in [0.3, 0.4) is 0 Å². The minimum atomic E-state index is -0.354. The second-order valence-corrected chi connectivity index (χ2v) is 10.6. The number of para-hydroxylation sites is 1. The second kappa shape index (κ2) is 14.3. The van der Waals surface area contributed by atoms with Gasteiger partial charge in [-0.1, -0.05) is 67.8 Å². The Hall–Kier alpha value is -2.37. The zero-order valence-corrected chi connectivity index (χ0v) is 22.2. The molecule has 0 bridgehead atoms. The highest BCUT2D eigenvalue weighted by Gasteiger charge is 2.22. The van der Waals surface area contributed by atoms with Gasteiger partial charge in [-0.2, -0.15) is 0 Å². The molecule has 0 spiro atoms. The summed E-state index contributed by atoms with van der Waals surface area (Å²) in [5.41, 5.74) is 2.87. The standard InChI is InChI=1S/C30H45N3O2/c1-4-33(2,3)25-15-8-6-5-7-14-22-32-23-20-27(21-24-32)35-30(34)31-29-19-13-12-18-28(29)26-16-10-9-11-17-26/h9-13,16-19,27H,4-8,14-15,20-25H2,1-3H3/p+1. The summed E-state index contributed by atoms with van der Waals surface area (Å²) in [7, 11) is 4.65. The fourth-order valence-corrected chi connectivity index (χ4v) is 4.74. The van der Waals surface area contributed by atoms with Crippen molar-refractivity contribution in [2.45, 2.75) is 64.4 Å². The van der Waals surface area contributed by atoms with Crippen molar-refractivity contribution in [1.82, 2.24) is 4.90 Å². The zero-order chi connectivity index (χ0) is 24.9. The Labute approximate surface area is 213 Å². The van der Waals surface area contributed by atoms with E-state index in [1.165, 1.54) is 58.2 Å². The third-order valence-corrected chi connectivity index (χ3v) is 7.40. The van der Waals surface area contributed by atoms with Crippen molar-refractivity contribution in [2.75, 3.05) is 52.1 Å². The lowest BCUT2D eigenvalue weighted by Gasteiger charge is -2.31. The summed E-state index contributed by atoms with van der Waals surface area (Å²) in [6.45, 7) is 7.99. The van der Waals surface area contributed by atoms with E-state index in [1.807, 2.05) is 42.5 Å². The molecule has 0 saturated carbocycles. The highest BCUT2D eigenvalue weighted by molar-refractivity contribution is 5.91. The molecule has 0 atom stereocenters. The summed E-state index contributed by atoms with van der Waals surface area (Å²) in [6, 6.07) is 18.0. The molecule has 3 rings (SSSR count). The largest absolute Gasteiger partial charge is 0.446 e. The number of carbonyl (C=O) groups is 1. The topological polar surface area (TPSA) is 41.6 Å². The first-order valence-electron chi connectivity index (χ1n) is 13.6. The van der Waals surface area contributed by atoms with Crippen molar-refractivity contribution in [1.29, 1.82) is 0 Å². The number of piperidine rings is 1. The molecule has 1 aliphatic rings. The summed E-state index contributed by atoms with van der Waals surface area (Å²) in [5, 5.41) is 2.97. The number of carbonyl (C=O) groups excluding carboxylic acids is 1. The molecule has 5 heteroatoms. The number of unbranched alkanes of at least 4 members (excludes halogenated alkanes) is 5. The number of nitrogens with zero attached hydrogens (tertiary/aromatic N) is 2. The minimum Gasteiger partial charge on any atom is -0.446 e. The number of likely N-dealkylation sites (tertiary alicyclic amines) is 1. The van der Waals surface area contributed by atoms with Gasteiger partial charge in [0.2, 0.25) is 0 Å². The van der Waals surface area contributed by atoms with Crippen LogP contribution in [0.15, 0.2) is 54.6 Å². The minimum absolute atomic E-state index is 0.000844. The molecule has 192 valence electrons. The van der Waals surface area contributed by atoms with Crippen LogP contribution in [0.5, 0.6) is 0 Å². The van der Waals surface area contributed by atoms with Crippen molar-refractivity contribution in [3.8, 4) is 11.1 Å². The van der Waals surface area contributed by atoms with Crippen LogP contribution in [0.2, 0.25) is 0 Å². The van der Waals surface area contributed by atoms with Crippen LogP contribution >= 0.6 is 0 Å². The molecule has 1 heterocycles. The Morgan fingerprint density at radius 3 is 2.26 bits per heavy atom. The van der Waals surface area contributed by atoms with Crippen LogP contribution < -0.4 is 5.32 Å². The lowest BCUT2D eigenvalue weighted by molar-refractivity contribution is -0.888. The fourth-order valence-electron chi connectivity index (χ4n) is 4.74. The van der Waals surface area contributed by atoms with Gasteiger partial charge in [-0.25, -0.2) is 4.79 Å². The summed E-state index contributed by atoms with van der Waals surface area (Å²) in [5.74, 6) is 0. The van der Waals surface area contributed by atoms with E-state index in [9.17, 15) is 4.79 Å². The molecule has 1 saturated heterocycles. The number of amides is 1. The molecule has 0 unspecified atom stereocenters. The number of anilines is 1. The molecule has 0 aliphatic carbocycles. The number of quaternary nitrogens is 1. The molecule has 2 aromatic carbocycles. The van der Waals surface area contributed by atoms with E-state index in [-0.39, 0.29) is 12.2 Å². The number of hydrogen-bond acceptors (Lipinski definition) is 3. The number of ether oxygens (including phenoxy) is 1. The van der Waals surface area contributed by atoms with E-state index in [1.54, 1.807) is 0 Å². The van der Waals surface area contributed by atoms with Gasteiger partial charge in [0, 0.05) is 18.7 Å². The van der Waals surface area contributed by atoms with Crippen molar-refractivity contribution in [2.24, 2.45) is 0 Å². The lowest BCUT2D eigenvalue weighted by Crippen LogP contribution is -2.39. The van der Waals surface area contributed by atoms with E-state index in [0.717, 1.165) is 47.2 Å². The Balaban J connectivity index is 1.28. The third-order valence-electron chi connectivity index (χ3n) is 7.40. The molecular weight excluding hydrogens is 434 g/mol. The van der Waals surface area contributed by atoms with Gasteiger partial charge in [0.1, 0.15) is 6.10 Å². The Morgan fingerprint density at radius 2 is 1.54 bits per heavy atom. The third kappa shape index (κ3) is 9.65. The molecule has 5 nitrogen and oxygen atoms in total. The predicted molar refractivity (Wildman–Crippen MR) is 147 cm³/mol. The van der Waals surface area contributed by atoms with Gasteiger partial charge >= 0.3 is 6.09 Å². The molecule has 0 radical (unpaired) electrons. The van der Waals surface area contributed by atoms with Crippen LogP contribution in [0.25, 0.3) is 11.1 Å². The maximum absolute atomic E-state index is 12.6. The van der Waals surface area contributed by atoms with Gasteiger partial charge in [-0.3, -0.25) is 5.32 Å². The molecule has 2 aromatic rings. The van der Waals surface area contributed by atoms with Crippen LogP contribution in [0.4, 0.5) is 10.5 Å². The average Bonchev–Trinajstić information content (AvgIpc) is 2.87. The Morgan fingerprint density at radius 1 is 0.914 bits per heavy atom. The van der Waals surface area contributed by atoms with Gasteiger partial charge in [-0.15, -0.1) is 0 Å². The van der Waals surface area contributed by atoms with E-state index in [0.29, 0.717) is 0 Å². The van der Waals surface area contributed by atoms with Crippen LogP contribution in [-0.2, 0) is 4.74 Å². The molecule has 1 aliphatic heterocycles. The summed E-state index contributed by atoms with van der Waals surface area (Å²) >= 11 is 0. The number of nitrogens with one attached hydrogen (secondary N) is 1. The highest BCUT2D eigenvalue weighted by atomic mass is 16.6. The van der Waals surface area contributed by atoms with E-state index in [4.69, 9.17) is 4.74 Å². The average molecular weight is 481 g/mol.